The van der Waals surface area contributed by atoms with Crippen molar-refractivity contribution >= 4 is 17.2 Å². The molecule has 1 aromatic heterocycles. The van der Waals surface area contributed by atoms with E-state index in [0.29, 0.717) is 4.99 Å². The minimum atomic E-state index is 0.0767. The molecular weight excluding hydrogens is 268 g/mol. The zero-order chi connectivity index (χ0) is 14.5. The molecule has 0 saturated carbocycles. The third-order valence-electron chi connectivity index (χ3n) is 3.25. The SMILES string of the molecule is CN(Cc1cnn(C)c1)CC(C(N)=S)c1ccccc1. The van der Waals surface area contributed by atoms with Crippen molar-refractivity contribution in [3.8, 4) is 0 Å². The lowest BCUT2D eigenvalue weighted by molar-refractivity contribution is 0.323. The molecule has 5 heteroatoms. The van der Waals surface area contributed by atoms with Crippen molar-refractivity contribution < 1.29 is 0 Å². The molecule has 2 rings (SSSR count). The van der Waals surface area contributed by atoms with E-state index < -0.39 is 0 Å². The average molecular weight is 288 g/mol. The summed E-state index contributed by atoms with van der Waals surface area (Å²) in [6.07, 6.45) is 3.91. The van der Waals surface area contributed by atoms with Crippen LogP contribution in [0.15, 0.2) is 42.7 Å². The van der Waals surface area contributed by atoms with E-state index in [1.165, 1.54) is 5.56 Å². The van der Waals surface area contributed by atoms with Crippen molar-refractivity contribution in [2.75, 3.05) is 13.6 Å². The molecular formula is C15H20N4S. The average Bonchev–Trinajstić information content (AvgIpc) is 2.82. The number of hydrogen-bond acceptors (Lipinski definition) is 3. The van der Waals surface area contributed by atoms with Crippen LogP contribution in [0.1, 0.15) is 17.0 Å². The molecule has 2 N–H and O–H groups in total. The zero-order valence-electron chi connectivity index (χ0n) is 11.9. The highest BCUT2D eigenvalue weighted by atomic mass is 32.1. The number of likely N-dealkylation sites (N-methyl/N-ethyl adjacent to an activating group) is 1. The molecule has 2 aromatic rings. The second kappa shape index (κ2) is 6.63. The summed E-state index contributed by atoms with van der Waals surface area (Å²) in [5, 5.41) is 4.18. The molecule has 20 heavy (non-hydrogen) atoms. The van der Waals surface area contributed by atoms with Gasteiger partial charge in [0, 0.05) is 37.8 Å². The maximum absolute atomic E-state index is 5.90. The Labute approximate surface area is 125 Å². The number of nitrogens with zero attached hydrogens (tertiary/aromatic N) is 3. The first-order valence-electron chi connectivity index (χ1n) is 6.56. The molecule has 0 aliphatic rings. The van der Waals surface area contributed by atoms with Gasteiger partial charge in [0.1, 0.15) is 0 Å². The molecule has 0 radical (unpaired) electrons. The third kappa shape index (κ3) is 3.88. The van der Waals surface area contributed by atoms with Gasteiger partial charge in [-0.2, -0.15) is 5.10 Å². The van der Waals surface area contributed by atoms with Crippen molar-refractivity contribution in [2.24, 2.45) is 12.8 Å². The fourth-order valence-electron chi connectivity index (χ4n) is 2.29. The van der Waals surface area contributed by atoms with Crippen molar-refractivity contribution in [3.63, 3.8) is 0 Å². The van der Waals surface area contributed by atoms with Crippen molar-refractivity contribution in [1.29, 1.82) is 0 Å². The lowest BCUT2D eigenvalue weighted by Gasteiger charge is -2.23. The standard InChI is InChI=1S/C15H20N4S/c1-18(9-12-8-17-19(2)10-12)11-14(15(16)20)13-6-4-3-5-7-13/h3-8,10,14H,9,11H2,1-2H3,(H2,16,20). The van der Waals surface area contributed by atoms with Crippen LogP contribution in [-0.2, 0) is 13.6 Å². The van der Waals surface area contributed by atoms with Crippen LogP contribution in [0.2, 0.25) is 0 Å². The maximum Gasteiger partial charge on any atom is 0.0816 e. The monoisotopic (exact) mass is 288 g/mol. The topological polar surface area (TPSA) is 47.1 Å². The van der Waals surface area contributed by atoms with Gasteiger partial charge < -0.3 is 10.6 Å². The van der Waals surface area contributed by atoms with Crippen LogP contribution < -0.4 is 5.73 Å². The van der Waals surface area contributed by atoms with Gasteiger partial charge in [0.2, 0.25) is 0 Å². The van der Waals surface area contributed by atoms with Crippen LogP contribution in [0.5, 0.6) is 0 Å². The van der Waals surface area contributed by atoms with Crippen LogP contribution in [0.3, 0.4) is 0 Å². The number of thiocarbonyl (C=S) groups is 1. The molecule has 0 fully saturated rings. The Hall–Kier alpha value is -1.72. The molecule has 1 aromatic carbocycles. The van der Waals surface area contributed by atoms with E-state index in [2.05, 4.69) is 29.2 Å². The van der Waals surface area contributed by atoms with Crippen LogP contribution in [0, 0.1) is 0 Å². The van der Waals surface area contributed by atoms with Gasteiger partial charge in [0.15, 0.2) is 0 Å². The van der Waals surface area contributed by atoms with E-state index in [1.54, 1.807) is 0 Å². The first-order valence-corrected chi connectivity index (χ1v) is 6.97. The summed E-state index contributed by atoms with van der Waals surface area (Å²) in [5.74, 6) is 0.0767. The van der Waals surface area contributed by atoms with Crippen LogP contribution in [0.25, 0.3) is 0 Å². The maximum atomic E-state index is 5.90. The smallest absolute Gasteiger partial charge is 0.0816 e. The summed E-state index contributed by atoms with van der Waals surface area (Å²) in [7, 11) is 3.99. The predicted molar refractivity (Wildman–Crippen MR) is 85.5 cm³/mol. The van der Waals surface area contributed by atoms with E-state index in [4.69, 9.17) is 18.0 Å². The molecule has 1 heterocycles. The van der Waals surface area contributed by atoms with Gasteiger partial charge in [-0.15, -0.1) is 0 Å². The number of aromatic nitrogens is 2. The first-order chi connectivity index (χ1) is 9.56. The molecule has 0 spiro atoms. The highest BCUT2D eigenvalue weighted by Gasteiger charge is 2.17. The fourth-order valence-corrected chi connectivity index (χ4v) is 2.50. The Balaban J connectivity index is 2.03. The molecule has 0 bridgehead atoms. The van der Waals surface area contributed by atoms with E-state index in [-0.39, 0.29) is 5.92 Å². The fraction of sp³-hybridized carbons (Fsp3) is 0.333. The largest absolute Gasteiger partial charge is 0.393 e. The Morgan fingerprint density at radius 1 is 1.40 bits per heavy atom. The minimum Gasteiger partial charge on any atom is -0.393 e. The predicted octanol–water partition coefficient (Wildman–Crippen LogP) is 1.92. The Morgan fingerprint density at radius 3 is 2.65 bits per heavy atom. The molecule has 4 nitrogen and oxygen atoms in total. The van der Waals surface area contributed by atoms with Gasteiger partial charge in [-0.05, 0) is 12.6 Å². The van der Waals surface area contributed by atoms with E-state index in [9.17, 15) is 0 Å². The highest BCUT2D eigenvalue weighted by Crippen LogP contribution is 2.18. The molecule has 1 unspecified atom stereocenters. The summed E-state index contributed by atoms with van der Waals surface area (Å²) in [6, 6.07) is 10.2. The van der Waals surface area contributed by atoms with Crippen LogP contribution >= 0.6 is 12.2 Å². The lowest BCUT2D eigenvalue weighted by atomic mass is 9.98. The molecule has 0 aliphatic carbocycles. The molecule has 1 atom stereocenters. The van der Waals surface area contributed by atoms with Crippen molar-refractivity contribution in [1.82, 2.24) is 14.7 Å². The van der Waals surface area contributed by atoms with Gasteiger partial charge >= 0.3 is 0 Å². The van der Waals surface area contributed by atoms with Gasteiger partial charge in [-0.3, -0.25) is 4.68 Å². The Morgan fingerprint density at radius 2 is 2.10 bits per heavy atom. The van der Waals surface area contributed by atoms with Gasteiger partial charge in [0.25, 0.3) is 0 Å². The number of nitrogens with two attached hydrogens (primary N) is 1. The number of benzene rings is 1. The second-order valence-electron chi connectivity index (χ2n) is 5.08. The number of rotatable bonds is 6. The van der Waals surface area contributed by atoms with E-state index in [0.717, 1.165) is 18.7 Å². The number of aryl methyl sites for hydroxylation is 1. The van der Waals surface area contributed by atoms with Gasteiger partial charge in [0.05, 0.1) is 11.2 Å². The summed E-state index contributed by atoms with van der Waals surface area (Å²) >= 11 is 5.22. The highest BCUT2D eigenvalue weighted by molar-refractivity contribution is 7.80. The van der Waals surface area contributed by atoms with Crippen molar-refractivity contribution in [2.45, 2.75) is 12.5 Å². The van der Waals surface area contributed by atoms with E-state index in [1.807, 2.05) is 42.3 Å². The lowest BCUT2D eigenvalue weighted by Crippen LogP contribution is -2.31. The summed E-state index contributed by atoms with van der Waals surface area (Å²) in [5.41, 5.74) is 8.25. The van der Waals surface area contributed by atoms with Crippen molar-refractivity contribution in [3.05, 3.63) is 53.9 Å². The van der Waals surface area contributed by atoms with Gasteiger partial charge in [-0.25, -0.2) is 0 Å². The quantitative estimate of drug-likeness (QED) is 0.825. The van der Waals surface area contributed by atoms with Gasteiger partial charge in [-0.1, -0.05) is 42.5 Å². The summed E-state index contributed by atoms with van der Waals surface area (Å²) in [6.45, 7) is 1.63. The Bertz CT molecular complexity index is 564. The summed E-state index contributed by atoms with van der Waals surface area (Å²) in [4.78, 5) is 2.75. The summed E-state index contributed by atoms with van der Waals surface area (Å²) < 4.78 is 1.81. The van der Waals surface area contributed by atoms with E-state index >= 15 is 0 Å². The Kier molecular flexibility index (Phi) is 4.87. The van der Waals surface area contributed by atoms with Crippen LogP contribution in [0.4, 0.5) is 0 Å². The molecule has 0 aliphatic heterocycles. The second-order valence-corrected chi connectivity index (χ2v) is 5.56. The van der Waals surface area contributed by atoms with Crippen LogP contribution in [-0.4, -0.2) is 33.3 Å². The minimum absolute atomic E-state index is 0.0767. The zero-order valence-corrected chi connectivity index (χ0v) is 12.7. The third-order valence-corrected chi connectivity index (χ3v) is 3.53. The normalized spacial score (nSPS) is 12.6. The molecule has 106 valence electrons. The first kappa shape index (κ1) is 14.7. The molecule has 0 amide bonds. The molecule has 0 saturated heterocycles. The number of hydrogen-bond donors (Lipinski definition) is 1.